The van der Waals surface area contributed by atoms with Crippen molar-refractivity contribution in [2.45, 2.75) is 0 Å². The van der Waals surface area contributed by atoms with Gasteiger partial charge in [-0.15, -0.1) is 0 Å². The first kappa shape index (κ1) is 11.6. The normalized spacial score (nSPS) is 16.7. The molecule has 0 heterocycles. The van der Waals surface area contributed by atoms with Crippen molar-refractivity contribution in [2.24, 2.45) is 0 Å². The highest BCUT2D eigenvalue weighted by atomic mass is 33.3. The van der Waals surface area contributed by atoms with Gasteiger partial charge in [-0.05, 0) is 12.5 Å². The van der Waals surface area contributed by atoms with Gasteiger partial charge in [-0.25, -0.2) is 8.54 Å². The van der Waals surface area contributed by atoms with Crippen LogP contribution in [0.15, 0.2) is 0 Å². The maximum absolute atomic E-state index is 10.8. The lowest BCUT2D eigenvalue weighted by Crippen LogP contribution is -1.69. The van der Waals surface area contributed by atoms with Crippen molar-refractivity contribution in [2.75, 3.05) is 12.5 Å². The van der Waals surface area contributed by atoms with Gasteiger partial charge in [0.05, 0.1) is 11.1 Å². The summed E-state index contributed by atoms with van der Waals surface area (Å²) in [6, 6.07) is 0. The van der Waals surface area contributed by atoms with Crippen LogP contribution in [0.2, 0.25) is 0 Å². The molecule has 0 saturated heterocycles. The maximum atomic E-state index is 10.8. The van der Waals surface area contributed by atoms with Crippen LogP contribution in [0.5, 0.6) is 0 Å². The van der Waals surface area contributed by atoms with Crippen molar-refractivity contribution in [3.63, 3.8) is 0 Å². The Labute approximate surface area is 75.7 Å². The van der Waals surface area contributed by atoms with Gasteiger partial charge in [0.15, 0.2) is 0 Å². The van der Waals surface area contributed by atoms with Gasteiger partial charge in [0.2, 0.25) is 0 Å². The molecule has 0 bridgehead atoms. The first-order valence-electron chi connectivity index (χ1n) is 2.06. The fourth-order valence-electron chi connectivity index (χ4n) is 0.175. The van der Waals surface area contributed by atoms with Crippen LogP contribution in [0.25, 0.3) is 0 Å². The average molecular weight is 238 g/mol. The molecule has 10 heavy (non-hydrogen) atoms. The largest absolute Gasteiger partial charge is 0.408 e. The first-order valence-corrected chi connectivity index (χ1v) is 9.29. The third-order valence-corrected chi connectivity index (χ3v) is 7.39. The second-order valence-electron chi connectivity index (χ2n) is 1.02. The highest BCUT2D eigenvalue weighted by Crippen LogP contribution is 2.63. The summed E-state index contributed by atoms with van der Waals surface area (Å²) < 4.78 is 15.4. The zero-order valence-corrected chi connectivity index (χ0v) is 9.50. The summed E-state index contributed by atoms with van der Waals surface area (Å²) in [4.78, 5) is 8.89. The van der Waals surface area contributed by atoms with E-state index in [1.54, 1.807) is 12.5 Å². The molecule has 62 valence electrons. The summed E-state index contributed by atoms with van der Waals surface area (Å²) in [7, 11) is 3.35. The van der Waals surface area contributed by atoms with E-state index >= 15 is 0 Å². The number of rotatable bonds is 5. The quantitative estimate of drug-likeness (QED) is 0.448. The Hall–Kier alpha value is 1.55. The van der Waals surface area contributed by atoms with Gasteiger partial charge in [0.1, 0.15) is 0 Å². The highest BCUT2D eigenvalue weighted by molar-refractivity contribution is 8.99. The SMILES string of the molecule is CSSOP(=O)(O)SSC. The van der Waals surface area contributed by atoms with Crippen molar-refractivity contribution in [3.05, 3.63) is 0 Å². The molecule has 0 saturated carbocycles. The van der Waals surface area contributed by atoms with Crippen LogP contribution < -0.4 is 0 Å². The van der Waals surface area contributed by atoms with Gasteiger partial charge in [-0.2, -0.15) is 0 Å². The van der Waals surface area contributed by atoms with Crippen molar-refractivity contribution in [3.8, 4) is 0 Å². The monoisotopic (exact) mass is 238 g/mol. The molecule has 0 fully saturated rings. The molecule has 0 aliphatic carbocycles. The molecular formula is C2H7O3PS4. The molecule has 0 aromatic rings. The number of hydrogen-bond acceptors (Lipinski definition) is 6. The number of hydrogen-bond donors (Lipinski definition) is 1. The summed E-state index contributed by atoms with van der Waals surface area (Å²) >= 11 is 0.924. The lowest BCUT2D eigenvalue weighted by atomic mass is 12.0. The lowest BCUT2D eigenvalue weighted by molar-refractivity contribution is 0.427. The summed E-state index contributed by atoms with van der Waals surface area (Å²) in [5, 5.41) is 0. The molecule has 0 aromatic heterocycles. The van der Waals surface area contributed by atoms with Crippen LogP contribution in [-0.4, -0.2) is 17.4 Å². The highest BCUT2D eigenvalue weighted by Gasteiger charge is 2.20. The smallest absolute Gasteiger partial charge is 0.315 e. The van der Waals surface area contributed by atoms with Crippen molar-refractivity contribution in [1.29, 1.82) is 0 Å². The minimum absolute atomic E-state index is 0.845. The summed E-state index contributed by atoms with van der Waals surface area (Å²) in [6.45, 7) is -3.39. The van der Waals surface area contributed by atoms with E-state index in [1.165, 1.54) is 21.6 Å². The molecule has 1 atom stereocenters. The third kappa shape index (κ3) is 6.27. The molecule has 3 nitrogen and oxygen atoms in total. The standard InChI is InChI=1S/C2H7O3PS4/c1-7-9-5-6(3,4)10-8-2/h1-2H3,(H,3,4). The second-order valence-corrected chi connectivity index (χ2v) is 9.09. The second kappa shape index (κ2) is 6.11. The predicted molar refractivity (Wildman–Crippen MR) is 53.1 cm³/mol. The molecule has 0 aliphatic rings. The molecule has 0 aliphatic heterocycles. The van der Waals surface area contributed by atoms with Crippen molar-refractivity contribution >= 4 is 49.9 Å². The fourth-order valence-corrected chi connectivity index (χ4v) is 6.08. The van der Waals surface area contributed by atoms with Crippen LogP contribution in [0.3, 0.4) is 0 Å². The third-order valence-electron chi connectivity index (χ3n) is 0.361. The Bertz CT molecular complexity index is 130. The summed E-state index contributed by atoms with van der Waals surface area (Å²) in [5.41, 5.74) is 0. The van der Waals surface area contributed by atoms with Gasteiger partial charge in [0.25, 0.3) is 0 Å². The minimum atomic E-state index is -3.39. The lowest BCUT2D eigenvalue weighted by Gasteiger charge is -2.04. The molecule has 0 rings (SSSR count). The molecule has 0 spiro atoms. The molecule has 8 heteroatoms. The van der Waals surface area contributed by atoms with Crippen molar-refractivity contribution < 1.29 is 13.4 Å². The van der Waals surface area contributed by atoms with Gasteiger partial charge >= 0.3 is 6.80 Å². The molecule has 1 unspecified atom stereocenters. The first-order chi connectivity index (χ1) is 4.62. The zero-order valence-electron chi connectivity index (χ0n) is 5.34. The van der Waals surface area contributed by atoms with Gasteiger partial charge in [-0.1, -0.05) is 21.6 Å². The van der Waals surface area contributed by atoms with Crippen LogP contribution in [0.1, 0.15) is 0 Å². The predicted octanol–water partition coefficient (Wildman–Crippen LogP) is 3.04. The van der Waals surface area contributed by atoms with Crippen LogP contribution in [-0.2, 0) is 8.54 Å². The van der Waals surface area contributed by atoms with E-state index in [4.69, 9.17) is 4.89 Å². The van der Waals surface area contributed by atoms with E-state index in [-0.39, 0.29) is 0 Å². The van der Waals surface area contributed by atoms with E-state index in [2.05, 4.69) is 3.97 Å². The minimum Gasteiger partial charge on any atom is -0.315 e. The molecule has 0 radical (unpaired) electrons. The van der Waals surface area contributed by atoms with E-state index in [1.807, 2.05) is 0 Å². The maximum Gasteiger partial charge on any atom is 0.408 e. The van der Waals surface area contributed by atoms with Crippen molar-refractivity contribution in [1.82, 2.24) is 0 Å². The summed E-state index contributed by atoms with van der Waals surface area (Å²) in [5.74, 6) is 0. The fraction of sp³-hybridized carbons (Fsp3) is 1.00. The van der Waals surface area contributed by atoms with E-state index in [0.29, 0.717) is 0 Å². The average Bonchev–Trinajstić information content (AvgIpc) is 1.84. The van der Waals surface area contributed by atoms with Crippen LogP contribution in [0.4, 0.5) is 0 Å². The van der Waals surface area contributed by atoms with E-state index in [0.717, 1.165) is 21.5 Å². The molecule has 0 aromatic carbocycles. The van der Waals surface area contributed by atoms with Crippen LogP contribution in [0, 0.1) is 0 Å². The van der Waals surface area contributed by atoms with E-state index < -0.39 is 6.80 Å². The molecule has 0 amide bonds. The van der Waals surface area contributed by atoms with E-state index in [9.17, 15) is 4.57 Å². The summed E-state index contributed by atoms with van der Waals surface area (Å²) in [6.07, 6.45) is 3.50. The Balaban J connectivity index is 3.53. The Kier molecular flexibility index (Phi) is 7.06. The Morgan fingerprint density at radius 2 is 2.00 bits per heavy atom. The zero-order chi connectivity index (χ0) is 8.04. The van der Waals surface area contributed by atoms with Gasteiger partial charge in [0, 0.05) is 10.4 Å². The van der Waals surface area contributed by atoms with Crippen LogP contribution >= 0.6 is 49.9 Å². The molecular weight excluding hydrogens is 231 g/mol. The molecule has 1 N–H and O–H groups in total. The topological polar surface area (TPSA) is 46.5 Å². The van der Waals surface area contributed by atoms with Gasteiger partial charge < -0.3 is 4.89 Å². The Morgan fingerprint density at radius 3 is 2.40 bits per heavy atom. The van der Waals surface area contributed by atoms with Gasteiger partial charge in [-0.3, -0.25) is 0 Å². The Morgan fingerprint density at radius 1 is 1.40 bits per heavy atom.